The molecule has 0 bridgehead atoms. The molecule has 1 aliphatic rings. The number of hydrogen-bond acceptors (Lipinski definition) is 4. The molecule has 5 nitrogen and oxygen atoms in total. The van der Waals surface area contributed by atoms with Crippen molar-refractivity contribution in [2.75, 3.05) is 0 Å². The van der Waals surface area contributed by atoms with E-state index in [1.165, 1.54) is 0 Å². The Morgan fingerprint density at radius 1 is 1.12 bits per heavy atom. The highest BCUT2D eigenvalue weighted by atomic mass is 35.5. The number of nitrogens with two attached hydrogens (primary N) is 1. The summed E-state index contributed by atoms with van der Waals surface area (Å²) in [4.78, 5) is 0. The highest BCUT2D eigenvalue weighted by molar-refractivity contribution is 6.31. The van der Waals surface area contributed by atoms with Gasteiger partial charge in [-0.05, 0) is 17.2 Å². The van der Waals surface area contributed by atoms with Crippen molar-refractivity contribution < 1.29 is 4.74 Å². The van der Waals surface area contributed by atoms with Crippen molar-refractivity contribution in [2.24, 2.45) is 5.73 Å². The molecule has 0 saturated carbocycles. The molecule has 0 radical (unpaired) electrons. The summed E-state index contributed by atoms with van der Waals surface area (Å²) in [5.41, 5.74) is 9.54. The molecular weight excluding hydrogens is 336 g/mol. The first kappa shape index (κ1) is 15.3. The van der Waals surface area contributed by atoms with Crippen LogP contribution in [0.2, 0.25) is 5.02 Å². The van der Waals surface area contributed by atoms with Crippen LogP contribution in [0.4, 0.5) is 0 Å². The summed E-state index contributed by atoms with van der Waals surface area (Å²) < 4.78 is 5.58. The van der Waals surface area contributed by atoms with E-state index in [4.69, 9.17) is 22.1 Å². The number of benzene rings is 2. The Hall–Kier alpha value is -3.23. The Balaban J connectivity index is 1.99. The molecular formula is C19H13ClN4O. The zero-order chi connectivity index (χ0) is 17.4. The smallest absolute Gasteiger partial charge is 0.244 e. The van der Waals surface area contributed by atoms with Crippen LogP contribution in [0.5, 0.6) is 5.88 Å². The van der Waals surface area contributed by atoms with E-state index < -0.39 is 5.92 Å². The first-order valence-electron chi connectivity index (χ1n) is 7.66. The lowest BCUT2D eigenvalue weighted by atomic mass is 9.83. The van der Waals surface area contributed by atoms with Crippen molar-refractivity contribution in [3.63, 3.8) is 0 Å². The van der Waals surface area contributed by atoms with E-state index in [2.05, 4.69) is 16.3 Å². The minimum atomic E-state index is -0.448. The molecule has 4 rings (SSSR count). The van der Waals surface area contributed by atoms with E-state index in [9.17, 15) is 5.26 Å². The number of fused-ring (bicyclic) bond motifs is 1. The van der Waals surface area contributed by atoms with E-state index in [0.717, 1.165) is 22.4 Å². The van der Waals surface area contributed by atoms with E-state index >= 15 is 0 Å². The topological polar surface area (TPSA) is 87.7 Å². The number of ether oxygens (including phenoxy) is 1. The number of nitrogens with one attached hydrogen (secondary N) is 1. The van der Waals surface area contributed by atoms with Crippen LogP contribution in [0.1, 0.15) is 17.0 Å². The van der Waals surface area contributed by atoms with Gasteiger partial charge in [0.25, 0.3) is 0 Å². The van der Waals surface area contributed by atoms with E-state index in [0.29, 0.717) is 16.5 Å². The Labute approximate surface area is 149 Å². The van der Waals surface area contributed by atoms with Gasteiger partial charge in [-0.15, -0.1) is 5.10 Å². The molecule has 0 amide bonds. The van der Waals surface area contributed by atoms with Crippen molar-refractivity contribution in [3.8, 4) is 23.2 Å². The van der Waals surface area contributed by atoms with Gasteiger partial charge in [-0.25, -0.2) is 0 Å². The number of nitrogens with zero attached hydrogens (tertiary/aromatic N) is 2. The highest BCUT2D eigenvalue weighted by Gasteiger charge is 2.36. The lowest BCUT2D eigenvalue weighted by molar-refractivity contribution is 0.379. The highest BCUT2D eigenvalue weighted by Crippen LogP contribution is 2.46. The molecule has 2 heterocycles. The van der Waals surface area contributed by atoms with Gasteiger partial charge in [-0.1, -0.05) is 60.1 Å². The number of aromatic amines is 1. The fourth-order valence-corrected chi connectivity index (χ4v) is 3.33. The predicted molar refractivity (Wildman–Crippen MR) is 94.8 cm³/mol. The summed E-state index contributed by atoms with van der Waals surface area (Å²) in [6.07, 6.45) is 0. The fraction of sp³-hybridized carbons (Fsp3) is 0.0526. The summed E-state index contributed by atoms with van der Waals surface area (Å²) in [6, 6.07) is 19.3. The zero-order valence-electron chi connectivity index (χ0n) is 13.0. The van der Waals surface area contributed by atoms with Crippen molar-refractivity contribution in [3.05, 3.63) is 82.2 Å². The largest absolute Gasteiger partial charge is 0.420 e. The molecule has 1 atom stereocenters. The lowest BCUT2D eigenvalue weighted by Crippen LogP contribution is -2.21. The molecule has 0 aliphatic carbocycles. The quantitative estimate of drug-likeness (QED) is 0.734. The van der Waals surface area contributed by atoms with Gasteiger partial charge in [0, 0.05) is 5.02 Å². The van der Waals surface area contributed by atoms with Crippen molar-refractivity contribution in [1.82, 2.24) is 10.2 Å². The SMILES string of the molecule is N#CC1=C(N)Oc2n[nH]c(-c3ccccc3)c2[C@H]1c1ccccc1Cl. The van der Waals surface area contributed by atoms with Gasteiger partial charge in [0.05, 0.1) is 17.2 Å². The molecule has 0 spiro atoms. The summed E-state index contributed by atoms with van der Waals surface area (Å²) in [7, 11) is 0. The van der Waals surface area contributed by atoms with Crippen LogP contribution in [0.15, 0.2) is 66.1 Å². The fourth-order valence-electron chi connectivity index (χ4n) is 3.09. The van der Waals surface area contributed by atoms with Gasteiger partial charge in [0.1, 0.15) is 11.6 Å². The Bertz CT molecular complexity index is 1020. The molecule has 122 valence electrons. The van der Waals surface area contributed by atoms with Crippen LogP contribution in [0.3, 0.4) is 0 Å². The molecule has 25 heavy (non-hydrogen) atoms. The van der Waals surface area contributed by atoms with Crippen molar-refractivity contribution in [1.29, 1.82) is 5.26 Å². The number of rotatable bonds is 2. The number of H-pyrrole nitrogens is 1. The number of aromatic nitrogens is 2. The van der Waals surface area contributed by atoms with E-state index in [1.807, 2.05) is 48.5 Å². The number of hydrogen-bond donors (Lipinski definition) is 2. The third kappa shape index (κ3) is 2.44. The van der Waals surface area contributed by atoms with Gasteiger partial charge in [-0.2, -0.15) is 5.26 Å². The second kappa shape index (κ2) is 6.00. The Morgan fingerprint density at radius 3 is 2.56 bits per heavy atom. The monoisotopic (exact) mass is 348 g/mol. The van der Waals surface area contributed by atoms with E-state index in [-0.39, 0.29) is 5.88 Å². The first-order chi connectivity index (χ1) is 12.2. The molecule has 2 aromatic carbocycles. The molecule has 3 N–H and O–H groups in total. The average Bonchev–Trinajstić information content (AvgIpc) is 3.05. The van der Waals surface area contributed by atoms with Crippen molar-refractivity contribution >= 4 is 11.6 Å². The molecule has 3 aromatic rings. The van der Waals surface area contributed by atoms with Gasteiger partial charge in [0.2, 0.25) is 11.8 Å². The van der Waals surface area contributed by atoms with Crippen molar-refractivity contribution in [2.45, 2.75) is 5.92 Å². The average molecular weight is 349 g/mol. The summed E-state index contributed by atoms with van der Waals surface area (Å²) in [5.74, 6) is -0.0392. The number of halogens is 1. The minimum Gasteiger partial charge on any atom is -0.420 e. The van der Waals surface area contributed by atoms with E-state index in [1.54, 1.807) is 6.07 Å². The maximum absolute atomic E-state index is 9.67. The maximum Gasteiger partial charge on any atom is 0.244 e. The number of allylic oxidation sites excluding steroid dienone is 1. The van der Waals surface area contributed by atoms with Crippen LogP contribution < -0.4 is 10.5 Å². The number of nitriles is 1. The third-order valence-electron chi connectivity index (χ3n) is 4.22. The second-order valence-electron chi connectivity index (χ2n) is 5.63. The normalized spacial score (nSPS) is 16.1. The van der Waals surface area contributed by atoms with Crippen LogP contribution in [-0.4, -0.2) is 10.2 Å². The van der Waals surface area contributed by atoms with Gasteiger partial charge in [0.15, 0.2) is 0 Å². The molecule has 1 aromatic heterocycles. The summed E-state index contributed by atoms with van der Waals surface area (Å²) >= 11 is 6.42. The Morgan fingerprint density at radius 2 is 1.84 bits per heavy atom. The second-order valence-corrected chi connectivity index (χ2v) is 6.04. The molecule has 0 unspecified atom stereocenters. The van der Waals surface area contributed by atoms with Crippen LogP contribution in [0, 0.1) is 11.3 Å². The third-order valence-corrected chi connectivity index (χ3v) is 4.56. The molecule has 0 saturated heterocycles. The summed E-state index contributed by atoms with van der Waals surface area (Å²) in [6.45, 7) is 0. The minimum absolute atomic E-state index is 0.0473. The first-order valence-corrected chi connectivity index (χ1v) is 8.04. The zero-order valence-corrected chi connectivity index (χ0v) is 13.8. The van der Waals surface area contributed by atoms with Crippen LogP contribution >= 0.6 is 11.6 Å². The van der Waals surface area contributed by atoms with Crippen LogP contribution in [-0.2, 0) is 0 Å². The van der Waals surface area contributed by atoms with Gasteiger partial charge >= 0.3 is 0 Å². The molecule has 0 fully saturated rings. The standard InChI is InChI=1S/C19H13ClN4O/c20-14-9-5-4-8-12(14)15-13(10-21)18(22)25-19-16(15)17(23-24-19)11-6-2-1-3-7-11/h1-9,15H,22H2,(H,23,24)/t15-/m0/s1. The van der Waals surface area contributed by atoms with Crippen LogP contribution in [0.25, 0.3) is 11.3 Å². The van der Waals surface area contributed by atoms with Gasteiger partial charge < -0.3 is 10.5 Å². The lowest BCUT2D eigenvalue weighted by Gasteiger charge is -2.24. The van der Waals surface area contributed by atoms with Gasteiger partial charge in [-0.3, -0.25) is 5.10 Å². The maximum atomic E-state index is 9.67. The molecule has 6 heteroatoms. The Kier molecular flexibility index (Phi) is 3.68. The summed E-state index contributed by atoms with van der Waals surface area (Å²) in [5, 5.41) is 17.5. The molecule has 1 aliphatic heterocycles. The predicted octanol–water partition coefficient (Wildman–Crippen LogP) is 3.95.